The Bertz CT molecular complexity index is 927. The quantitative estimate of drug-likeness (QED) is 0.768. The van der Waals surface area contributed by atoms with E-state index in [0.29, 0.717) is 19.1 Å². The van der Waals surface area contributed by atoms with Crippen LogP contribution in [0.3, 0.4) is 0 Å². The van der Waals surface area contributed by atoms with Gasteiger partial charge in [-0.05, 0) is 37.5 Å². The molecule has 4 heterocycles. The Kier molecular flexibility index (Phi) is 6.50. The van der Waals surface area contributed by atoms with Gasteiger partial charge in [-0.3, -0.25) is 4.79 Å². The smallest absolute Gasteiger partial charge is 0.253 e. The van der Waals surface area contributed by atoms with Gasteiger partial charge in [-0.2, -0.15) is 0 Å². The Labute approximate surface area is 188 Å². The number of carbonyl (C=O) groups is 1. The average molecular weight is 438 g/mol. The lowest BCUT2D eigenvalue weighted by molar-refractivity contribution is 0.0845. The van der Waals surface area contributed by atoms with Crippen molar-refractivity contribution in [2.75, 3.05) is 62.4 Å². The number of amides is 1. The topological polar surface area (TPSA) is 79.8 Å². The second kappa shape index (κ2) is 9.83. The fraction of sp³-hybridized carbons (Fsp3) is 0.542. The van der Waals surface area contributed by atoms with Gasteiger partial charge < -0.3 is 24.6 Å². The summed E-state index contributed by atoms with van der Waals surface area (Å²) in [5.41, 5.74) is 2.81. The van der Waals surface area contributed by atoms with Gasteiger partial charge in [-0.25, -0.2) is 9.97 Å². The molecule has 0 saturated carbocycles. The van der Waals surface area contributed by atoms with Crippen molar-refractivity contribution in [1.29, 1.82) is 0 Å². The summed E-state index contributed by atoms with van der Waals surface area (Å²) in [6.45, 7) is 6.17. The van der Waals surface area contributed by atoms with Crippen LogP contribution in [-0.4, -0.2) is 74.5 Å². The minimum absolute atomic E-state index is 0.0178. The highest BCUT2D eigenvalue weighted by Crippen LogP contribution is 2.27. The fourth-order valence-electron chi connectivity index (χ4n) is 4.80. The first-order valence-electron chi connectivity index (χ1n) is 11.7. The number of anilines is 2. The summed E-state index contributed by atoms with van der Waals surface area (Å²) < 4.78 is 10.9. The van der Waals surface area contributed by atoms with E-state index in [0.717, 1.165) is 81.5 Å². The summed E-state index contributed by atoms with van der Waals surface area (Å²) in [5.74, 6) is 1.19. The molecule has 3 aliphatic heterocycles. The summed E-state index contributed by atoms with van der Waals surface area (Å²) in [4.78, 5) is 26.9. The SMILES string of the molecule is O=C(NC1CCN(c2nccc(C3CCOCC3)n2)C1)c1ccccc1N1CCOCC1. The Hall–Kier alpha value is -2.71. The summed E-state index contributed by atoms with van der Waals surface area (Å²) in [7, 11) is 0. The van der Waals surface area contributed by atoms with Gasteiger partial charge in [-0.1, -0.05) is 12.1 Å². The van der Waals surface area contributed by atoms with Crippen molar-refractivity contribution < 1.29 is 14.3 Å². The highest BCUT2D eigenvalue weighted by Gasteiger charge is 2.28. The average Bonchev–Trinajstić information content (AvgIpc) is 3.34. The number of nitrogens with zero attached hydrogens (tertiary/aromatic N) is 4. The monoisotopic (exact) mass is 437 g/mol. The molecule has 0 radical (unpaired) electrons. The molecule has 8 nitrogen and oxygen atoms in total. The molecule has 3 saturated heterocycles. The van der Waals surface area contributed by atoms with E-state index in [1.165, 1.54) is 0 Å². The maximum atomic E-state index is 13.1. The molecule has 170 valence electrons. The van der Waals surface area contributed by atoms with Crippen molar-refractivity contribution in [2.45, 2.75) is 31.2 Å². The number of aromatic nitrogens is 2. The van der Waals surface area contributed by atoms with Gasteiger partial charge in [0, 0.05) is 68.9 Å². The first-order chi connectivity index (χ1) is 15.8. The van der Waals surface area contributed by atoms with E-state index in [9.17, 15) is 4.79 Å². The van der Waals surface area contributed by atoms with E-state index in [1.807, 2.05) is 36.5 Å². The molecule has 1 aromatic heterocycles. The maximum absolute atomic E-state index is 13.1. The lowest BCUT2D eigenvalue weighted by atomic mass is 9.96. The van der Waals surface area contributed by atoms with Crippen molar-refractivity contribution in [2.24, 2.45) is 0 Å². The molecule has 32 heavy (non-hydrogen) atoms. The minimum atomic E-state index is -0.0178. The van der Waals surface area contributed by atoms with Crippen LogP contribution in [-0.2, 0) is 9.47 Å². The predicted molar refractivity (Wildman–Crippen MR) is 122 cm³/mol. The molecule has 2 aromatic rings. The van der Waals surface area contributed by atoms with Gasteiger partial charge in [0.25, 0.3) is 5.91 Å². The predicted octanol–water partition coefficient (Wildman–Crippen LogP) is 2.22. The largest absolute Gasteiger partial charge is 0.381 e. The van der Waals surface area contributed by atoms with Crippen LogP contribution in [0.4, 0.5) is 11.6 Å². The third-order valence-electron chi connectivity index (χ3n) is 6.61. The Morgan fingerprint density at radius 3 is 2.56 bits per heavy atom. The lowest BCUT2D eigenvalue weighted by Gasteiger charge is -2.30. The standard InChI is InChI=1S/C24H31N5O3/c30-23(20-3-1-2-4-22(20)28-11-15-32-16-12-28)26-19-6-10-29(17-19)24-25-9-5-21(27-24)18-7-13-31-14-8-18/h1-5,9,18-19H,6-8,10-17H2,(H,26,30). The molecule has 3 aliphatic rings. The molecular weight excluding hydrogens is 406 g/mol. The van der Waals surface area contributed by atoms with Crippen LogP contribution in [0.2, 0.25) is 0 Å². The zero-order valence-corrected chi connectivity index (χ0v) is 18.4. The number of para-hydroxylation sites is 1. The summed E-state index contributed by atoms with van der Waals surface area (Å²) >= 11 is 0. The molecule has 1 amide bonds. The van der Waals surface area contributed by atoms with Crippen LogP contribution in [0.25, 0.3) is 0 Å². The van der Waals surface area contributed by atoms with E-state index in [1.54, 1.807) is 0 Å². The number of hydrogen-bond donors (Lipinski definition) is 1. The highest BCUT2D eigenvalue weighted by molar-refractivity contribution is 6.00. The summed E-state index contributed by atoms with van der Waals surface area (Å²) in [5, 5.41) is 3.24. The minimum Gasteiger partial charge on any atom is -0.381 e. The molecule has 0 bridgehead atoms. The molecular formula is C24H31N5O3. The van der Waals surface area contributed by atoms with Gasteiger partial charge in [0.2, 0.25) is 5.95 Å². The van der Waals surface area contributed by atoms with Crippen LogP contribution in [0.1, 0.15) is 41.2 Å². The van der Waals surface area contributed by atoms with Crippen LogP contribution >= 0.6 is 0 Å². The van der Waals surface area contributed by atoms with Crippen LogP contribution in [0.15, 0.2) is 36.5 Å². The van der Waals surface area contributed by atoms with E-state index in [4.69, 9.17) is 14.5 Å². The normalized spacial score (nSPS) is 22.2. The molecule has 3 fully saturated rings. The second-order valence-electron chi connectivity index (χ2n) is 8.69. The summed E-state index contributed by atoms with van der Waals surface area (Å²) in [6, 6.07) is 9.95. The number of carbonyl (C=O) groups excluding carboxylic acids is 1. The molecule has 8 heteroatoms. The van der Waals surface area contributed by atoms with Gasteiger partial charge in [-0.15, -0.1) is 0 Å². The molecule has 1 N–H and O–H groups in total. The molecule has 1 atom stereocenters. The third kappa shape index (κ3) is 4.71. The second-order valence-corrected chi connectivity index (χ2v) is 8.69. The molecule has 0 aliphatic carbocycles. The molecule has 1 aromatic carbocycles. The van der Waals surface area contributed by atoms with Gasteiger partial charge in [0.15, 0.2) is 0 Å². The Morgan fingerprint density at radius 1 is 0.938 bits per heavy atom. The molecule has 0 spiro atoms. The highest BCUT2D eigenvalue weighted by atomic mass is 16.5. The first kappa shape index (κ1) is 21.2. The van der Waals surface area contributed by atoms with Gasteiger partial charge in [0.1, 0.15) is 0 Å². The summed E-state index contributed by atoms with van der Waals surface area (Å²) in [6.07, 6.45) is 4.77. The number of hydrogen-bond acceptors (Lipinski definition) is 7. The lowest BCUT2D eigenvalue weighted by Crippen LogP contribution is -2.40. The number of benzene rings is 1. The van der Waals surface area contributed by atoms with Crippen LogP contribution in [0, 0.1) is 0 Å². The first-order valence-corrected chi connectivity index (χ1v) is 11.7. The number of nitrogens with one attached hydrogen (secondary N) is 1. The van der Waals surface area contributed by atoms with Gasteiger partial charge >= 0.3 is 0 Å². The Balaban J connectivity index is 1.23. The van der Waals surface area contributed by atoms with Crippen molar-refractivity contribution in [1.82, 2.24) is 15.3 Å². The van der Waals surface area contributed by atoms with Crippen molar-refractivity contribution in [3.05, 3.63) is 47.8 Å². The van der Waals surface area contributed by atoms with Gasteiger partial charge in [0.05, 0.1) is 18.8 Å². The number of rotatable bonds is 5. The van der Waals surface area contributed by atoms with Crippen molar-refractivity contribution in [3.63, 3.8) is 0 Å². The van der Waals surface area contributed by atoms with E-state index in [-0.39, 0.29) is 11.9 Å². The van der Waals surface area contributed by atoms with E-state index < -0.39 is 0 Å². The van der Waals surface area contributed by atoms with Crippen molar-refractivity contribution in [3.8, 4) is 0 Å². The molecule has 5 rings (SSSR count). The number of morpholine rings is 1. The van der Waals surface area contributed by atoms with Crippen molar-refractivity contribution >= 4 is 17.5 Å². The third-order valence-corrected chi connectivity index (χ3v) is 6.61. The zero-order chi connectivity index (χ0) is 21.8. The maximum Gasteiger partial charge on any atom is 0.253 e. The van der Waals surface area contributed by atoms with E-state index >= 15 is 0 Å². The Morgan fingerprint density at radius 2 is 1.72 bits per heavy atom. The fourth-order valence-corrected chi connectivity index (χ4v) is 4.80. The van der Waals surface area contributed by atoms with E-state index in [2.05, 4.69) is 20.1 Å². The van der Waals surface area contributed by atoms with Crippen LogP contribution < -0.4 is 15.1 Å². The molecule has 1 unspecified atom stereocenters. The van der Waals surface area contributed by atoms with Crippen LogP contribution in [0.5, 0.6) is 0 Å². The zero-order valence-electron chi connectivity index (χ0n) is 18.4. The number of ether oxygens (including phenoxy) is 2.